The van der Waals surface area contributed by atoms with Crippen LogP contribution in [0.25, 0.3) is 0 Å². The molecule has 0 bridgehead atoms. The van der Waals surface area contributed by atoms with Gasteiger partial charge in [-0.2, -0.15) is 0 Å². The smallest absolute Gasteiger partial charge is 0.320 e. The molecular weight excluding hydrogens is 248 g/mol. The summed E-state index contributed by atoms with van der Waals surface area (Å²) in [6.07, 6.45) is 4.73. The number of rotatable bonds is 3. The molecule has 2 heterocycles. The van der Waals surface area contributed by atoms with E-state index in [1.165, 1.54) is 0 Å². The van der Waals surface area contributed by atoms with Gasteiger partial charge in [0, 0.05) is 6.42 Å². The Bertz CT molecular complexity index is 447. The molecule has 0 aromatic rings. The van der Waals surface area contributed by atoms with E-state index in [1.54, 1.807) is 0 Å². The zero-order chi connectivity index (χ0) is 13.2. The summed E-state index contributed by atoms with van der Waals surface area (Å²) >= 11 is 0. The average Bonchev–Trinajstić information content (AvgIpc) is 3.24. The molecule has 0 radical (unpaired) electrons. The standard InChI is InChI=1S/C14H18O5/c15-11-4-3-9-12(19-9)14(11,13(16)17)6-7-1-2-8-10(5-7)18-8/h7-10,12H,1-6H2,(H,16,17). The molecule has 0 amide bonds. The lowest BCUT2D eigenvalue weighted by atomic mass is 9.66. The Balaban J connectivity index is 1.57. The van der Waals surface area contributed by atoms with E-state index >= 15 is 0 Å². The van der Waals surface area contributed by atoms with Crippen molar-refractivity contribution < 1.29 is 24.2 Å². The van der Waals surface area contributed by atoms with Crippen molar-refractivity contribution in [1.29, 1.82) is 0 Å². The Hall–Kier alpha value is -0.940. The molecule has 0 aromatic heterocycles. The molecule has 2 aliphatic heterocycles. The second kappa shape index (κ2) is 3.79. The molecule has 1 N–H and O–H groups in total. The molecular formula is C14H18O5. The monoisotopic (exact) mass is 266 g/mol. The molecule has 6 atom stereocenters. The fraction of sp³-hybridized carbons (Fsp3) is 0.857. The Kier molecular flexibility index (Phi) is 2.37. The number of carbonyl (C=O) groups is 2. The summed E-state index contributed by atoms with van der Waals surface area (Å²) in [7, 11) is 0. The number of hydrogen-bond donors (Lipinski definition) is 1. The molecule has 6 unspecified atom stereocenters. The summed E-state index contributed by atoms with van der Waals surface area (Å²) in [6, 6.07) is 0. The van der Waals surface area contributed by atoms with Crippen LogP contribution in [0.4, 0.5) is 0 Å². The molecule has 5 nitrogen and oxygen atoms in total. The number of ketones is 1. The maximum atomic E-state index is 12.3. The highest BCUT2D eigenvalue weighted by Crippen LogP contribution is 2.53. The first-order valence-corrected chi connectivity index (χ1v) is 7.19. The van der Waals surface area contributed by atoms with Gasteiger partial charge in [-0.05, 0) is 38.0 Å². The van der Waals surface area contributed by atoms with Crippen LogP contribution in [0, 0.1) is 11.3 Å². The van der Waals surface area contributed by atoms with Crippen molar-refractivity contribution in [3.8, 4) is 0 Å². The van der Waals surface area contributed by atoms with Gasteiger partial charge in [-0.25, -0.2) is 0 Å². The second-order valence-electron chi connectivity index (χ2n) is 6.43. The van der Waals surface area contributed by atoms with Crippen molar-refractivity contribution in [1.82, 2.24) is 0 Å². The first-order chi connectivity index (χ1) is 9.11. The lowest BCUT2D eigenvalue weighted by Gasteiger charge is -2.33. The molecule has 0 spiro atoms. The number of fused-ring (bicyclic) bond motifs is 2. The largest absolute Gasteiger partial charge is 0.480 e. The van der Waals surface area contributed by atoms with Crippen LogP contribution in [0.2, 0.25) is 0 Å². The SMILES string of the molecule is O=C(O)C1(CC2CCC3OC3C2)C(=O)CCC2OC21. The number of Topliss-reactive ketones (excluding diaryl/α,β-unsaturated/α-hetero) is 1. The molecule has 4 aliphatic rings. The molecule has 2 saturated heterocycles. The molecule has 4 rings (SSSR count). The molecule has 2 aliphatic carbocycles. The maximum absolute atomic E-state index is 12.3. The fourth-order valence-electron chi connectivity index (χ4n) is 4.14. The van der Waals surface area contributed by atoms with Gasteiger partial charge in [0.15, 0.2) is 11.2 Å². The molecule has 104 valence electrons. The van der Waals surface area contributed by atoms with E-state index in [-0.39, 0.29) is 23.9 Å². The number of carboxylic acid groups (broad SMARTS) is 1. The van der Waals surface area contributed by atoms with Crippen LogP contribution in [0.3, 0.4) is 0 Å². The summed E-state index contributed by atoms with van der Waals surface area (Å²) in [4.78, 5) is 24.0. The minimum Gasteiger partial charge on any atom is -0.480 e. The highest BCUT2D eigenvalue weighted by molar-refractivity contribution is 6.05. The zero-order valence-corrected chi connectivity index (χ0v) is 10.7. The van der Waals surface area contributed by atoms with E-state index in [9.17, 15) is 14.7 Å². The fourth-order valence-corrected chi connectivity index (χ4v) is 4.14. The van der Waals surface area contributed by atoms with Gasteiger partial charge >= 0.3 is 5.97 Å². The third-order valence-corrected chi connectivity index (χ3v) is 5.33. The zero-order valence-electron chi connectivity index (χ0n) is 10.7. The van der Waals surface area contributed by atoms with Crippen molar-refractivity contribution in [3.05, 3.63) is 0 Å². The first kappa shape index (κ1) is 11.9. The van der Waals surface area contributed by atoms with E-state index in [0.717, 1.165) is 19.3 Å². The van der Waals surface area contributed by atoms with Crippen molar-refractivity contribution in [2.24, 2.45) is 11.3 Å². The number of carboxylic acids is 1. The third kappa shape index (κ3) is 1.68. The Morgan fingerprint density at radius 2 is 2.05 bits per heavy atom. The lowest BCUT2D eigenvalue weighted by Crippen LogP contribution is -2.49. The van der Waals surface area contributed by atoms with Gasteiger partial charge in [0.1, 0.15) is 6.10 Å². The quantitative estimate of drug-likeness (QED) is 0.612. The Morgan fingerprint density at radius 1 is 1.21 bits per heavy atom. The van der Waals surface area contributed by atoms with Crippen molar-refractivity contribution >= 4 is 11.8 Å². The third-order valence-electron chi connectivity index (χ3n) is 5.33. The van der Waals surface area contributed by atoms with Crippen LogP contribution >= 0.6 is 0 Å². The highest BCUT2D eigenvalue weighted by atomic mass is 16.6. The molecule has 2 saturated carbocycles. The van der Waals surface area contributed by atoms with E-state index < -0.39 is 11.4 Å². The minimum atomic E-state index is -1.27. The van der Waals surface area contributed by atoms with Crippen LogP contribution in [-0.4, -0.2) is 41.3 Å². The van der Waals surface area contributed by atoms with Crippen LogP contribution in [0.15, 0.2) is 0 Å². The number of ether oxygens (including phenoxy) is 2. The van der Waals surface area contributed by atoms with Gasteiger partial charge < -0.3 is 14.6 Å². The normalized spacial score (nSPS) is 51.2. The number of carbonyl (C=O) groups excluding carboxylic acids is 1. The van der Waals surface area contributed by atoms with Gasteiger partial charge in [0.25, 0.3) is 0 Å². The Labute approximate surface area is 111 Å². The minimum absolute atomic E-state index is 0.00214. The van der Waals surface area contributed by atoms with Gasteiger partial charge in [0.05, 0.1) is 18.3 Å². The molecule has 4 fully saturated rings. The second-order valence-corrected chi connectivity index (χ2v) is 6.43. The van der Waals surface area contributed by atoms with E-state index in [2.05, 4.69) is 0 Å². The summed E-state index contributed by atoms with van der Waals surface area (Å²) in [6.45, 7) is 0. The van der Waals surface area contributed by atoms with E-state index in [1.807, 2.05) is 0 Å². The summed E-state index contributed by atoms with van der Waals surface area (Å²) < 4.78 is 11.0. The first-order valence-electron chi connectivity index (χ1n) is 7.19. The lowest BCUT2D eigenvalue weighted by molar-refractivity contribution is -0.158. The van der Waals surface area contributed by atoms with Crippen molar-refractivity contribution in [2.75, 3.05) is 0 Å². The van der Waals surface area contributed by atoms with Gasteiger partial charge in [0.2, 0.25) is 0 Å². The van der Waals surface area contributed by atoms with Crippen molar-refractivity contribution in [2.45, 2.75) is 62.9 Å². The van der Waals surface area contributed by atoms with Gasteiger partial charge in [-0.15, -0.1) is 0 Å². The Morgan fingerprint density at radius 3 is 2.79 bits per heavy atom. The summed E-state index contributed by atoms with van der Waals surface area (Å²) in [5.74, 6) is -0.826. The summed E-state index contributed by atoms with van der Waals surface area (Å²) in [5, 5.41) is 9.63. The average molecular weight is 266 g/mol. The molecule has 19 heavy (non-hydrogen) atoms. The van der Waals surface area contributed by atoms with Crippen LogP contribution in [-0.2, 0) is 19.1 Å². The molecule has 5 heteroatoms. The van der Waals surface area contributed by atoms with E-state index in [4.69, 9.17) is 9.47 Å². The van der Waals surface area contributed by atoms with Gasteiger partial charge in [-0.1, -0.05) is 0 Å². The van der Waals surface area contributed by atoms with Gasteiger partial charge in [-0.3, -0.25) is 9.59 Å². The van der Waals surface area contributed by atoms with Crippen molar-refractivity contribution in [3.63, 3.8) is 0 Å². The summed E-state index contributed by atoms with van der Waals surface area (Å²) in [5.41, 5.74) is -1.27. The maximum Gasteiger partial charge on any atom is 0.320 e. The predicted octanol–water partition coefficient (Wildman–Crippen LogP) is 1.15. The van der Waals surface area contributed by atoms with Crippen LogP contribution in [0.5, 0.6) is 0 Å². The topological polar surface area (TPSA) is 79.4 Å². The van der Waals surface area contributed by atoms with Crippen LogP contribution in [0.1, 0.15) is 38.5 Å². The number of epoxide rings is 2. The van der Waals surface area contributed by atoms with E-state index in [0.29, 0.717) is 31.5 Å². The predicted molar refractivity (Wildman–Crippen MR) is 63.6 cm³/mol. The number of aliphatic carboxylic acids is 1. The van der Waals surface area contributed by atoms with Crippen LogP contribution < -0.4 is 0 Å². The number of hydrogen-bond acceptors (Lipinski definition) is 4. The highest BCUT2D eigenvalue weighted by Gasteiger charge is 2.66. The molecule has 0 aromatic carbocycles.